The average Bonchev–Trinajstić information content (AvgIpc) is 2.38. The molecule has 0 aliphatic rings. The fraction of sp³-hybridized carbons (Fsp3) is 0.429. The Morgan fingerprint density at radius 1 is 1.26 bits per heavy atom. The van der Waals surface area contributed by atoms with Crippen LogP contribution in [-0.4, -0.2) is 46.7 Å². The van der Waals surface area contributed by atoms with Crippen molar-refractivity contribution >= 4 is 11.9 Å². The lowest BCUT2D eigenvalue weighted by molar-refractivity contribution is -0.137. The Labute approximate surface area is 112 Å². The number of aliphatic hydroxyl groups excluding tert-OH is 1. The Hall–Kier alpha value is -1.88. The Morgan fingerprint density at radius 3 is 2.58 bits per heavy atom. The van der Waals surface area contributed by atoms with Crippen LogP contribution in [0.2, 0.25) is 0 Å². The van der Waals surface area contributed by atoms with Crippen molar-refractivity contribution in [2.24, 2.45) is 0 Å². The van der Waals surface area contributed by atoms with Crippen molar-refractivity contribution in [3.05, 3.63) is 35.4 Å². The number of aliphatic carboxylic acids is 1. The van der Waals surface area contributed by atoms with E-state index in [0.29, 0.717) is 18.5 Å². The molecule has 0 atom stereocenters. The summed E-state index contributed by atoms with van der Waals surface area (Å²) in [5.41, 5.74) is 1.52. The molecule has 1 aromatic rings. The molecule has 19 heavy (non-hydrogen) atoms. The highest BCUT2D eigenvalue weighted by atomic mass is 16.4. The zero-order chi connectivity index (χ0) is 14.3. The van der Waals surface area contributed by atoms with Gasteiger partial charge >= 0.3 is 5.97 Å². The first-order valence-corrected chi connectivity index (χ1v) is 6.23. The van der Waals surface area contributed by atoms with Gasteiger partial charge in [0.05, 0.1) is 6.42 Å². The number of carbonyl (C=O) groups excluding carboxylic acids is 1. The second-order valence-electron chi connectivity index (χ2n) is 4.38. The van der Waals surface area contributed by atoms with Crippen molar-refractivity contribution in [1.82, 2.24) is 4.90 Å². The Balaban J connectivity index is 2.77. The summed E-state index contributed by atoms with van der Waals surface area (Å²) in [4.78, 5) is 24.3. The maximum atomic E-state index is 12.3. The highest BCUT2D eigenvalue weighted by molar-refractivity contribution is 5.94. The van der Waals surface area contributed by atoms with Gasteiger partial charge in [0, 0.05) is 25.3 Å². The fourth-order valence-corrected chi connectivity index (χ4v) is 1.77. The largest absolute Gasteiger partial charge is 0.481 e. The van der Waals surface area contributed by atoms with Crippen LogP contribution >= 0.6 is 0 Å². The first kappa shape index (κ1) is 15.2. The van der Waals surface area contributed by atoms with Gasteiger partial charge in [0.25, 0.3) is 5.91 Å². The lowest BCUT2D eigenvalue weighted by atomic mass is 10.1. The number of carbonyl (C=O) groups is 2. The summed E-state index contributed by atoms with van der Waals surface area (Å²) in [7, 11) is 0. The van der Waals surface area contributed by atoms with Gasteiger partial charge in [-0.15, -0.1) is 0 Å². The summed E-state index contributed by atoms with van der Waals surface area (Å²) >= 11 is 0. The van der Waals surface area contributed by atoms with Crippen LogP contribution in [0.5, 0.6) is 0 Å². The van der Waals surface area contributed by atoms with E-state index in [4.69, 9.17) is 10.2 Å². The third kappa shape index (κ3) is 5.09. The molecule has 0 unspecified atom stereocenters. The van der Waals surface area contributed by atoms with Gasteiger partial charge < -0.3 is 15.1 Å². The summed E-state index contributed by atoms with van der Waals surface area (Å²) in [6, 6.07) is 7.17. The minimum absolute atomic E-state index is 0.0231. The lowest BCUT2D eigenvalue weighted by Crippen LogP contribution is -2.34. The van der Waals surface area contributed by atoms with E-state index in [2.05, 4.69) is 0 Å². The number of amides is 1. The minimum Gasteiger partial charge on any atom is -0.481 e. The molecule has 0 saturated heterocycles. The molecule has 0 aromatic heterocycles. The van der Waals surface area contributed by atoms with Gasteiger partial charge in [-0.05, 0) is 25.5 Å². The summed E-state index contributed by atoms with van der Waals surface area (Å²) in [5.74, 6) is -1.13. The van der Waals surface area contributed by atoms with Gasteiger partial charge in [-0.2, -0.15) is 0 Å². The van der Waals surface area contributed by atoms with Crippen LogP contribution in [0.4, 0.5) is 0 Å². The number of hydrogen-bond donors (Lipinski definition) is 2. The van der Waals surface area contributed by atoms with E-state index < -0.39 is 5.97 Å². The van der Waals surface area contributed by atoms with Gasteiger partial charge in [0.2, 0.25) is 0 Å². The quantitative estimate of drug-likeness (QED) is 0.779. The summed E-state index contributed by atoms with van der Waals surface area (Å²) in [6.07, 6.45) is 0.347. The Morgan fingerprint density at radius 2 is 2.00 bits per heavy atom. The molecule has 1 aromatic carbocycles. The van der Waals surface area contributed by atoms with Crippen LogP contribution in [0.15, 0.2) is 24.3 Å². The first-order valence-electron chi connectivity index (χ1n) is 6.23. The molecule has 0 saturated carbocycles. The average molecular weight is 265 g/mol. The van der Waals surface area contributed by atoms with Crippen LogP contribution in [0.3, 0.4) is 0 Å². The van der Waals surface area contributed by atoms with E-state index in [9.17, 15) is 9.59 Å². The smallest absolute Gasteiger partial charge is 0.305 e. The third-order valence-electron chi connectivity index (χ3n) is 2.73. The number of carboxylic acids is 1. The summed E-state index contributed by atoms with van der Waals surface area (Å²) in [5, 5.41) is 17.5. The minimum atomic E-state index is -0.939. The number of benzene rings is 1. The van der Waals surface area contributed by atoms with E-state index in [0.717, 1.165) is 5.56 Å². The van der Waals surface area contributed by atoms with Crippen molar-refractivity contribution < 1.29 is 19.8 Å². The third-order valence-corrected chi connectivity index (χ3v) is 2.73. The van der Waals surface area contributed by atoms with Crippen LogP contribution in [0.1, 0.15) is 28.8 Å². The molecule has 1 rings (SSSR count). The number of hydrogen-bond acceptors (Lipinski definition) is 3. The highest BCUT2D eigenvalue weighted by Gasteiger charge is 2.16. The van der Waals surface area contributed by atoms with Crippen LogP contribution in [0.25, 0.3) is 0 Å². The molecule has 5 heteroatoms. The SMILES string of the molecule is Cc1cccc(C(=O)N(CCCO)CCC(=O)O)c1. The normalized spacial score (nSPS) is 10.2. The molecule has 104 valence electrons. The fourth-order valence-electron chi connectivity index (χ4n) is 1.77. The molecule has 0 fully saturated rings. The van der Waals surface area contributed by atoms with Crippen LogP contribution in [-0.2, 0) is 4.79 Å². The molecule has 0 bridgehead atoms. The van der Waals surface area contributed by atoms with Crippen LogP contribution < -0.4 is 0 Å². The zero-order valence-corrected chi connectivity index (χ0v) is 11.0. The molecule has 0 aliphatic heterocycles. The predicted octanol–water partition coefficient (Wildman–Crippen LogP) is 1.29. The van der Waals surface area contributed by atoms with Crippen molar-refractivity contribution in [1.29, 1.82) is 0 Å². The van der Waals surface area contributed by atoms with Crippen molar-refractivity contribution in [2.45, 2.75) is 19.8 Å². The second-order valence-corrected chi connectivity index (χ2v) is 4.38. The summed E-state index contributed by atoms with van der Waals surface area (Å²) < 4.78 is 0. The monoisotopic (exact) mass is 265 g/mol. The van der Waals surface area contributed by atoms with Gasteiger partial charge in [0.1, 0.15) is 0 Å². The molecule has 0 radical (unpaired) electrons. The van der Waals surface area contributed by atoms with Gasteiger partial charge in [-0.1, -0.05) is 17.7 Å². The lowest BCUT2D eigenvalue weighted by Gasteiger charge is -2.21. The molecule has 5 nitrogen and oxygen atoms in total. The van der Waals surface area contributed by atoms with Crippen molar-refractivity contribution in [3.8, 4) is 0 Å². The molecule has 0 heterocycles. The molecular formula is C14H19NO4. The van der Waals surface area contributed by atoms with Gasteiger partial charge in [-0.25, -0.2) is 0 Å². The maximum Gasteiger partial charge on any atom is 0.305 e. The van der Waals surface area contributed by atoms with E-state index in [1.165, 1.54) is 4.90 Å². The van der Waals surface area contributed by atoms with Crippen molar-refractivity contribution in [2.75, 3.05) is 19.7 Å². The van der Waals surface area contributed by atoms with E-state index >= 15 is 0 Å². The summed E-state index contributed by atoms with van der Waals surface area (Å²) in [6.45, 7) is 2.38. The molecule has 2 N–H and O–H groups in total. The molecule has 0 spiro atoms. The van der Waals surface area contributed by atoms with Gasteiger partial charge in [-0.3, -0.25) is 9.59 Å². The molecule has 1 amide bonds. The second kappa shape index (κ2) is 7.53. The zero-order valence-electron chi connectivity index (χ0n) is 11.0. The van der Waals surface area contributed by atoms with Crippen LogP contribution in [0, 0.1) is 6.92 Å². The topological polar surface area (TPSA) is 77.8 Å². The molecular weight excluding hydrogens is 246 g/mol. The van der Waals surface area contributed by atoms with E-state index in [1.54, 1.807) is 18.2 Å². The predicted molar refractivity (Wildman–Crippen MR) is 71.0 cm³/mol. The molecule has 0 aliphatic carbocycles. The maximum absolute atomic E-state index is 12.3. The highest BCUT2D eigenvalue weighted by Crippen LogP contribution is 2.09. The Kier molecular flexibility index (Phi) is 6.02. The number of carboxylic acid groups (broad SMARTS) is 1. The van der Waals surface area contributed by atoms with Gasteiger partial charge in [0.15, 0.2) is 0 Å². The number of nitrogens with zero attached hydrogens (tertiary/aromatic N) is 1. The van der Waals surface area contributed by atoms with E-state index in [-0.39, 0.29) is 25.5 Å². The van der Waals surface area contributed by atoms with Crippen molar-refractivity contribution in [3.63, 3.8) is 0 Å². The standard InChI is InChI=1S/C14H19NO4/c1-11-4-2-5-12(10-11)14(19)15(7-3-9-16)8-6-13(17)18/h2,4-5,10,16H,3,6-9H2,1H3,(H,17,18). The Bertz CT molecular complexity index is 445. The first-order chi connectivity index (χ1) is 9.04. The number of aryl methyl sites for hydroxylation is 1. The number of aliphatic hydroxyl groups is 1. The number of rotatable bonds is 7. The van der Waals surface area contributed by atoms with E-state index in [1.807, 2.05) is 13.0 Å².